The van der Waals surface area contributed by atoms with E-state index in [9.17, 15) is 0 Å². The van der Waals surface area contributed by atoms with E-state index >= 15 is 0 Å². The number of anilines is 2. The highest BCUT2D eigenvalue weighted by Crippen LogP contribution is 2.16. The minimum Gasteiger partial charge on any atom is -0.383 e. The lowest BCUT2D eigenvalue weighted by molar-refractivity contribution is 0.210. The molecule has 2 heterocycles. The van der Waals surface area contributed by atoms with E-state index in [2.05, 4.69) is 32.5 Å². The second-order valence-corrected chi connectivity index (χ2v) is 4.92. The van der Waals surface area contributed by atoms with Crippen LogP contribution in [0, 0.1) is 5.92 Å². The fourth-order valence-corrected chi connectivity index (χ4v) is 2.28. The van der Waals surface area contributed by atoms with Crippen LogP contribution in [0.2, 0.25) is 0 Å². The van der Waals surface area contributed by atoms with Crippen molar-refractivity contribution in [3.63, 3.8) is 0 Å². The lowest BCUT2D eigenvalue weighted by Crippen LogP contribution is -2.27. The average Bonchev–Trinajstić information content (AvgIpc) is 2.92. The van der Waals surface area contributed by atoms with Crippen molar-refractivity contribution in [2.45, 2.75) is 6.42 Å². The molecule has 1 aromatic rings. The summed E-state index contributed by atoms with van der Waals surface area (Å²) in [5.74, 6) is 2.52. The van der Waals surface area contributed by atoms with E-state index in [1.54, 1.807) is 13.4 Å². The normalized spacial score (nSPS) is 18.5. The molecule has 2 N–H and O–H groups in total. The Morgan fingerprint density at radius 3 is 3.16 bits per heavy atom. The second-order valence-electron chi connectivity index (χ2n) is 4.92. The molecular formula is C13H23N5O. The first-order valence-corrected chi connectivity index (χ1v) is 6.76. The standard InChI is InChI=1S/C13H23N5O/c1-18(9-11-3-4-14-8-11)13-7-12(16-10-17-13)15-5-6-19-2/h7,10-11,14H,3-6,8-9H2,1-2H3,(H,15,16,17). The fraction of sp³-hybridized carbons (Fsp3) is 0.692. The zero-order valence-corrected chi connectivity index (χ0v) is 11.7. The summed E-state index contributed by atoms with van der Waals surface area (Å²) < 4.78 is 5.01. The van der Waals surface area contributed by atoms with E-state index in [-0.39, 0.29) is 0 Å². The third-order valence-electron chi connectivity index (χ3n) is 3.35. The van der Waals surface area contributed by atoms with E-state index < -0.39 is 0 Å². The predicted octanol–water partition coefficient (Wildman–Crippen LogP) is 0.581. The van der Waals surface area contributed by atoms with Crippen LogP contribution < -0.4 is 15.5 Å². The number of hydrogen-bond acceptors (Lipinski definition) is 6. The molecule has 1 aromatic heterocycles. The number of ether oxygens (including phenoxy) is 1. The smallest absolute Gasteiger partial charge is 0.133 e. The van der Waals surface area contributed by atoms with Crippen molar-refractivity contribution in [3.05, 3.63) is 12.4 Å². The van der Waals surface area contributed by atoms with Gasteiger partial charge in [0.05, 0.1) is 6.61 Å². The van der Waals surface area contributed by atoms with Crippen molar-refractivity contribution in [1.29, 1.82) is 0 Å². The van der Waals surface area contributed by atoms with Gasteiger partial charge in [0.25, 0.3) is 0 Å². The minimum absolute atomic E-state index is 0.670. The van der Waals surface area contributed by atoms with Gasteiger partial charge in [-0.25, -0.2) is 9.97 Å². The highest BCUT2D eigenvalue weighted by Gasteiger charge is 2.17. The van der Waals surface area contributed by atoms with Crippen molar-refractivity contribution >= 4 is 11.6 Å². The molecule has 1 unspecified atom stereocenters. The summed E-state index contributed by atoms with van der Waals surface area (Å²) in [5, 5.41) is 6.61. The van der Waals surface area contributed by atoms with Crippen LogP contribution in [0.5, 0.6) is 0 Å². The summed E-state index contributed by atoms with van der Waals surface area (Å²) in [4.78, 5) is 10.7. The average molecular weight is 265 g/mol. The Bertz CT molecular complexity index is 381. The highest BCUT2D eigenvalue weighted by atomic mass is 16.5. The van der Waals surface area contributed by atoms with Crippen LogP contribution in [0.25, 0.3) is 0 Å². The molecule has 1 saturated heterocycles. The first-order chi connectivity index (χ1) is 9.29. The maximum absolute atomic E-state index is 5.01. The van der Waals surface area contributed by atoms with Gasteiger partial charge in [-0.15, -0.1) is 0 Å². The van der Waals surface area contributed by atoms with Crippen molar-refractivity contribution in [2.24, 2.45) is 5.92 Å². The van der Waals surface area contributed by atoms with Crippen LogP contribution in [-0.4, -0.2) is 56.9 Å². The van der Waals surface area contributed by atoms with E-state index in [1.165, 1.54) is 6.42 Å². The van der Waals surface area contributed by atoms with Crippen LogP contribution in [0.1, 0.15) is 6.42 Å². The summed E-state index contributed by atoms with van der Waals surface area (Å²) in [6.45, 7) is 4.69. The topological polar surface area (TPSA) is 62.3 Å². The molecule has 0 radical (unpaired) electrons. The molecule has 0 saturated carbocycles. The van der Waals surface area contributed by atoms with Gasteiger partial charge in [-0.3, -0.25) is 0 Å². The minimum atomic E-state index is 0.670. The molecule has 0 amide bonds. The van der Waals surface area contributed by atoms with Crippen molar-refractivity contribution in [3.8, 4) is 0 Å². The van der Waals surface area contributed by atoms with Crippen LogP contribution in [0.15, 0.2) is 12.4 Å². The number of rotatable bonds is 7. The monoisotopic (exact) mass is 265 g/mol. The molecule has 6 nitrogen and oxygen atoms in total. The number of methoxy groups -OCH3 is 1. The summed E-state index contributed by atoms with van der Waals surface area (Å²) in [6, 6.07) is 1.98. The zero-order valence-electron chi connectivity index (χ0n) is 11.7. The van der Waals surface area contributed by atoms with E-state index in [4.69, 9.17) is 4.74 Å². The van der Waals surface area contributed by atoms with Crippen LogP contribution >= 0.6 is 0 Å². The predicted molar refractivity (Wildman–Crippen MR) is 76.6 cm³/mol. The largest absolute Gasteiger partial charge is 0.383 e. The molecule has 2 rings (SSSR count). The maximum atomic E-state index is 5.01. The summed E-state index contributed by atoms with van der Waals surface area (Å²) in [5.41, 5.74) is 0. The summed E-state index contributed by atoms with van der Waals surface area (Å²) in [7, 11) is 3.77. The van der Waals surface area contributed by atoms with Gasteiger partial charge in [-0.05, 0) is 25.4 Å². The SMILES string of the molecule is COCCNc1cc(N(C)CC2CCNC2)ncn1. The lowest BCUT2D eigenvalue weighted by atomic mass is 10.1. The van der Waals surface area contributed by atoms with Crippen LogP contribution in [0.3, 0.4) is 0 Å². The molecular weight excluding hydrogens is 242 g/mol. The third-order valence-corrected chi connectivity index (χ3v) is 3.35. The Morgan fingerprint density at radius 1 is 1.53 bits per heavy atom. The van der Waals surface area contributed by atoms with Gasteiger partial charge in [-0.2, -0.15) is 0 Å². The summed E-state index contributed by atoms with van der Waals surface area (Å²) in [6.07, 6.45) is 2.85. The number of aromatic nitrogens is 2. The lowest BCUT2D eigenvalue weighted by Gasteiger charge is -2.21. The van der Waals surface area contributed by atoms with Gasteiger partial charge in [0.15, 0.2) is 0 Å². The Morgan fingerprint density at radius 2 is 2.42 bits per heavy atom. The molecule has 0 bridgehead atoms. The molecule has 1 aliphatic rings. The van der Waals surface area contributed by atoms with Crippen LogP contribution in [-0.2, 0) is 4.74 Å². The highest BCUT2D eigenvalue weighted by molar-refractivity contribution is 5.47. The number of nitrogens with one attached hydrogen (secondary N) is 2. The maximum Gasteiger partial charge on any atom is 0.133 e. The Labute approximate surface area is 114 Å². The molecule has 1 fully saturated rings. The summed E-state index contributed by atoms with van der Waals surface area (Å²) >= 11 is 0. The molecule has 19 heavy (non-hydrogen) atoms. The van der Waals surface area contributed by atoms with Crippen LogP contribution in [0.4, 0.5) is 11.6 Å². The second kappa shape index (κ2) is 7.25. The molecule has 6 heteroatoms. The Balaban J connectivity index is 1.89. The van der Waals surface area contributed by atoms with E-state index in [1.807, 2.05) is 6.07 Å². The molecule has 106 valence electrons. The number of nitrogens with zero attached hydrogens (tertiary/aromatic N) is 3. The van der Waals surface area contributed by atoms with Crippen molar-refractivity contribution in [1.82, 2.24) is 15.3 Å². The first-order valence-electron chi connectivity index (χ1n) is 6.76. The zero-order chi connectivity index (χ0) is 13.5. The molecule has 1 atom stereocenters. The first kappa shape index (κ1) is 14.0. The van der Waals surface area contributed by atoms with E-state index in [0.29, 0.717) is 12.5 Å². The van der Waals surface area contributed by atoms with E-state index in [0.717, 1.165) is 37.8 Å². The molecule has 0 aromatic carbocycles. The van der Waals surface area contributed by atoms with Crippen molar-refractivity contribution < 1.29 is 4.74 Å². The molecule has 0 aliphatic carbocycles. The Hall–Kier alpha value is -1.40. The van der Waals surface area contributed by atoms with Gasteiger partial charge >= 0.3 is 0 Å². The number of hydrogen-bond donors (Lipinski definition) is 2. The van der Waals surface area contributed by atoms with Gasteiger partial charge in [0, 0.05) is 33.3 Å². The fourth-order valence-electron chi connectivity index (χ4n) is 2.28. The third kappa shape index (κ3) is 4.33. The van der Waals surface area contributed by atoms with Gasteiger partial charge in [0.1, 0.15) is 18.0 Å². The van der Waals surface area contributed by atoms with Gasteiger partial charge in [-0.1, -0.05) is 0 Å². The Kier molecular flexibility index (Phi) is 5.35. The quantitative estimate of drug-likeness (QED) is 0.703. The van der Waals surface area contributed by atoms with Crippen molar-refractivity contribution in [2.75, 3.05) is 57.2 Å². The van der Waals surface area contributed by atoms with Gasteiger partial charge < -0.3 is 20.3 Å². The molecule has 0 spiro atoms. The molecule has 1 aliphatic heterocycles. The van der Waals surface area contributed by atoms with Gasteiger partial charge in [0.2, 0.25) is 0 Å².